The zero-order valence-electron chi connectivity index (χ0n) is 12.1. The van der Waals surface area contributed by atoms with Crippen LogP contribution in [0.2, 0.25) is 5.02 Å². The topological polar surface area (TPSA) is 59.8 Å². The van der Waals surface area contributed by atoms with E-state index in [0.29, 0.717) is 5.02 Å². The van der Waals surface area contributed by atoms with E-state index in [4.69, 9.17) is 11.6 Å². The number of rotatable bonds is 5. The quantitative estimate of drug-likeness (QED) is 0.856. The van der Waals surface area contributed by atoms with Gasteiger partial charge < -0.3 is 9.88 Å². The van der Waals surface area contributed by atoms with Crippen molar-refractivity contribution in [3.05, 3.63) is 35.1 Å². The van der Waals surface area contributed by atoms with Crippen molar-refractivity contribution >= 4 is 35.0 Å². The minimum Gasteiger partial charge on any atom is -0.325 e. The van der Waals surface area contributed by atoms with Crippen LogP contribution in [0.5, 0.6) is 0 Å². The van der Waals surface area contributed by atoms with Crippen molar-refractivity contribution in [3.63, 3.8) is 0 Å². The highest BCUT2D eigenvalue weighted by molar-refractivity contribution is 8.00. The number of aryl methyl sites for hydroxylation is 2. The van der Waals surface area contributed by atoms with E-state index >= 15 is 0 Å². The van der Waals surface area contributed by atoms with Gasteiger partial charge in [0.2, 0.25) is 5.91 Å². The molecule has 1 N–H and O–H groups in total. The number of amides is 1. The highest BCUT2D eigenvalue weighted by atomic mass is 35.5. The monoisotopic (exact) mass is 324 g/mol. The number of benzene rings is 1. The molecular weight excluding hydrogens is 308 g/mol. The molecule has 2 rings (SSSR count). The maximum absolute atomic E-state index is 12.3. The second-order valence-corrected chi connectivity index (χ2v) is 6.35. The Morgan fingerprint density at radius 2 is 2.29 bits per heavy atom. The Balaban J connectivity index is 2.04. The second kappa shape index (κ2) is 6.95. The Morgan fingerprint density at radius 1 is 1.52 bits per heavy atom. The molecule has 0 saturated carbocycles. The number of aromatic nitrogens is 3. The molecule has 0 saturated heterocycles. The fourth-order valence-electron chi connectivity index (χ4n) is 1.73. The van der Waals surface area contributed by atoms with Crippen molar-refractivity contribution in [3.8, 4) is 0 Å². The lowest BCUT2D eigenvalue weighted by molar-refractivity contribution is -0.115. The Morgan fingerprint density at radius 3 is 3.00 bits per heavy atom. The second-order valence-electron chi connectivity index (χ2n) is 4.61. The Hall–Kier alpha value is -1.53. The van der Waals surface area contributed by atoms with E-state index in [9.17, 15) is 4.79 Å². The molecule has 1 atom stereocenters. The maximum Gasteiger partial charge on any atom is 0.237 e. The van der Waals surface area contributed by atoms with Crippen molar-refractivity contribution in [2.45, 2.75) is 37.7 Å². The number of carbonyl (C=O) groups is 1. The van der Waals surface area contributed by atoms with Crippen LogP contribution in [0.1, 0.15) is 19.4 Å². The molecule has 1 unspecified atom stereocenters. The van der Waals surface area contributed by atoms with Crippen LogP contribution < -0.4 is 5.32 Å². The van der Waals surface area contributed by atoms with E-state index in [1.807, 2.05) is 31.4 Å². The molecule has 21 heavy (non-hydrogen) atoms. The minimum atomic E-state index is -0.280. The van der Waals surface area contributed by atoms with E-state index < -0.39 is 0 Å². The molecular formula is C14H17ClN4OS. The summed E-state index contributed by atoms with van der Waals surface area (Å²) in [6.45, 7) is 6.55. The zero-order chi connectivity index (χ0) is 15.4. The van der Waals surface area contributed by atoms with Gasteiger partial charge in [-0.1, -0.05) is 29.4 Å². The van der Waals surface area contributed by atoms with E-state index in [0.717, 1.165) is 23.0 Å². The van der Waals surface area contributed by atoms with Crippen molar-refractivity contribution in [1.82, 2.24) is 14.8 Å². The summed E-state index contributed by atoms with van der Waals surface area (Å²) in [4.78, 5) is 12.3. The normalized spacial score (nSPS) is 12.2. The standard InChI is InChI=1S/C14H17ClN4OS/c1-4-19-8-16-18-14(19)21-10(3)13(20)17-12-7-11(15)6-5-9(12)2/h5-8,10H,4H2,1-3H3,(H,17,20). The zero-order valence-corrected chi connectivity index (χ0v) is 13.7. The number of anilines is 1. The number of hydrogen-bond donors (Lipinski definition) is 1. The molecule has 112 valence electrons. The average molecular weight is 325 g/mol. The first-order chi connectivity index (χ1) is 10.0. The third-order valence-corrected chi connectivity index (χ3v) is 4.36. The number of nitrogens with one attached hydrogen (secondary N) is 1. The first-order valence-electron chi connectivity index (χ1n) is 6.62. The largest absolute Gasteiger partial charge is 0.325 e. The van der Waals surface area contributed by atoms with Crippen LogP contribution >= 0.6 is 23.4 Å². The molecule has 0 aliphatic heterocycles. The van der Waals surface area contributed by atoms with Gasteiger partial charge in [0, 0.05) is 17.3 Å². The van der Waals surface area contributed by atoms with Gasteiger partial charge in [0.05, 0.1) is 5.25 Å². The fourth-order valence-corrected chi connectivity index (χ4v) is 2.79. The molecule has 1 aromatic carbocycles. The third-order valence-electron chi connectivity index (χ3n) is 3.03. The summed E-state index contributed by atoms with van der Waals surface area (Å²) in [5.74, 6) is -0.0870. The molecule has 0 fully saturated rings. The van der Waals surface area contributed by atoms with Gasteiger partial charge in [0.25, 0.3) is 0 Å². The summed E-state index contributed by atoms with van der Waals surface area (Å²) in [6.07, 6.45) is 1.66. The summed E-state index contributed by atoms with van der Waals surface area (Å²) in [6, 6.07) is 5.43. The Labute approximate surface area is 133 Å². The highest BCUT2D eigenvalue weighted by Gasteiger charge is 2.18. The predicted molar refractivity (Wildman–Crippen MR) is 85.8 cm³/mol. The molecule has 0 aliphatic rings. The number of hydrogen-bond acceptors (Lipinski definition) is 4. The lowest BCUT2D eigenvalue weighted by Gasteiger charge is -2.13. The van der Waals surface area contributed by atoms with E-state index in [2.05, 4.69) is 15.5 Å². The fraction of sp³-hybridized carbons (Fsp3) is 0.357. The lowest BCUT2D eigenvalue weighted by atomic mass is 10.2. The van der Waals surface area contributed by atoms with Gasteiger partial charge in [0.1, 0.15) is 6.33 Å². The summed E-state index contributed by atoms with van der Waals surface area (Å²) < 4.78 is 1.90. The van der Waals surface area contributed by atoms with Gasteiger partial charge in [-0.3, -0.25) is 4.79 Å². The summed E-state index contributed by atoms with van der Waals surface area (Å²) in [7, 11) is 0. The van der Waals surface area contributed by atoms with Crippen LogP contribution in [-0.2, 0) is 11.3 Å². The Kier molecular flexibility index (Phi) is 5.25. The van der Waals surface area contributed by atoms with E-state index in [-0.39, 0.29) is 11.2 Å². The first-order valence-corrected chi connectivity index (χ1v) is 7.88. The molecule has 0 radical (unpaired) electrons. The molecule has 0 spiro atoms. The van der Waals surface area contributed by atoms with Crippen LogP contribution in [0.3, 0.4) is 0 Å². The molecule has 1 heterocycles. The van der Waals surface area contributed by atoms with E-state index in [1.165, 1.54) is 11.8 Å². The summed E-state index contributed by atoms with van der Waals surface area (Å²) >= 11 is 7.34. The molecule has 7 heteroatoms. The number of nitrogens with zero attached hydrogens (tertiary/aromatic N) is 3. The van der Waals surface area contributed by atoms with Crippen molar-refractivity contribution in [2.24, 2.45) is 0 Å². The summed E-state index contributed by atoms with van der Waals surface area (Å²) in [5.41, 5.74) is 1.71. The molecule has 5 nitrogen and oxygen atoms in total. The predicted octanol–water partition coefficient (Wildman–Crippen LogP) is 3.38. The molecule has 2 aromatic rings. The van der Waals surface area contributed by atoms with Gasteiger partial charge in [-0.25, -0.2) is 0 Å². The SMILES string of the molecule is CCn1cnnc1SC(C)C(=O)Nc1cc(Cl)ccc1C. The minimum absolute atomic E-state index is 0.0870. The molecule has 0 aliphatic carbocycles. The van der Waals surface area contributed by atoms with Gasteiger partial charge in [0.15, 0.2) is 5.16 Å². The summed E-state index contributed by atoms with van der Waals surface area (Å²) in [5, 5.41) is 11.8. The van der Waals surface area contributed by atoms with Gasteiger partial charge in [-0.15, -0.1) is 10.2 Å². The Bertz CT molecular complexity index is 644. The van der Waals surface area contributed by atoms with Gasteiger partial charge in [-0.2, -0.15) is 0 Å². The van der Waals surface area contributed by atoms with Crippen molar-refractivity contribution < 1.29 is 4.79 Å². The highest BCUT2D eigenvalue weighted by Crippen LogP contribution is 2.24. The molecule has 1 aromatic heterocycles. The molecule has 1 amide bonds. The van der Waals surface area contributed by atoms with Crippen LogP contribution in [0.25, 0.3) is 0 Å². The molecule has 0 bridgehead atoms. The van der Waals surface area contributed by atoms with Crippen LogP contribution in [0.15, 0.2) is 29.7 Å². The third kappa shape index (κ3) is 3.98. The number of halogens is 1. The average Bonchev–Trinajstić information content (AvgIpc) is 2.90. The van der Waals surface area contributed by atoms with Crippen LogP contribution in [0, 0.1) is 6.92 Å². The maximum atomic E-state index is 12.3. The smallest absolute Gasteiger partial charge is 0.237 e. The lowest BCUT2D eigenvalue weighted by Crippen LogP contribution is -2.23. The van der Waals surface area contributed by atoms with Crippen LogP contribution in [0.4, 0.5) is 5.69 Å². The first kappa shape index (κ1) is 15.9. The number of carbonyl (C=O) groups excluding carboxylic acids is 1. The number of thioether (sulfide) groups is 1. The van der Waals surface area contributed by atoms with E-state index in [1.54, 1.807) is 18.5 Å². The van der Waals surface area contributed by atoms with Crippen molar-refractivity contribution in [1.29, 1.82) is 0 Å². The van der Waals surface area contributed by atoms with Gasteiger partial charge >= 0.3 is 0 Å². The van der Waals surface area contributed by atoms with Crippen LogP contribution in [-0.4, -0.2) is 25.9 Å². The van der Waals surface area contributed by atoms with Crippen molar-refractivity contribution in [2.75, 3.05) is 5.32 Å². The van der Waals surface area contributed by atoms with Gasteiger partial charge in [-0.05, 0) is 38.5 Å².